The number of carboxylic acids is 1. The van der Waals surface area contributed by atoms with E-state index in [-0.39, 0.29) is 17.4 Å². The summed E-state index contributed by atoms with van der Waals surface area (Å²) >= 11 is 2.80. The number of aliphatic carboxylic acids is 1. The van der Waals surface area contributed by atoms with Crippen LogP contribution in [0, 0.1) is 11.6 Å². The van der Waals surface area contributed by atoms with Gasteiger partial charge in [0.05, 0.1) is 16.3 Å². The summed E-state index contributed by atoms with van der Waals surface area (Å²) in [7, 11) is 0. The highest BCUT2D eigenvalue weighted by Crippen LogP contribution is 2.25. The topological polar surface area (TPSA) is 89.9 Å². The molecule has 3 N–H and O–H groups in total. The van der Waals surface area contributed by atoms with Crippen LogP contribution < -0.4 is 5.32 Å². The SMILES string of the molecule is O=C(O)C1CC(O)CN1C(=O)Nc1cc(F)c(Br)cc1F. The molecule has 0 aliphatic carbocycles. The maximum Gasteiger partial charge on any atom is 0.326 e. The van der Waals surface area contributed by atoms with Crippen LogP contribution in [0.15, 0.2) is 16.6 Å². The molecule has 2 atom stereocenters. The molecule has 1 heterocycles. The molecule has 2 amide bonds. The molecular formula is C12H11BrF2N2O4. The molecule has 1 saturated heterocycles. The van der Waals surface area contributed by atoms with Crippen LogP contribution in [-0.2, 0) is 4.79 Å². The molecule has 0 bridgehead atoms. The summed E-state index contributed by atoms with van der Waals surface area (Å²) in [4.78, 5) is 23.8. The first-order valence-corrected chi connectivity index (χ1v) is 6.72. The second kappa shape index (κ2) is 5.94. The van der Waals surface area contributed by atoms with Gasteiger partial charge in [0.1, 0.15) is 17.7 Å². The van der Waals surface area contributed by atoms with Gasteiger partial charge < -0.3 is 20.4 Å². The van der Waals surface area contributed by atoms with Crippen LogP contribution in [0.25, 0.3) is 0 Å². The average Bonchev–Trinajstić information content (AvgIpc) is 2.78. The zero-order valence-corrected chi connectivity index (χ0v) is 12.1. The maximum atomic E-state index is 13.6. The molecule has 1 aliphatic heterocycles. The number of β-amino-alcohol motifs (C(OH)–C–C–N with tert-alkyl or cyclic N) is 1. The fourth-order valence-electron chi connectivity index (χ4n) is 2.08. The van der Waals surface area contributed by atoms with Crippen molar-refractivity contribution in [3.63, 3.8) is 0 Å². The Labute approximate surface area is 126 Å². The molecule has 21 heavy (non-hydrogen) atoms. The van der Waals surface area contributed by atoms with Gasteiger partial charge in [0.15, 0.2) is 0 Å². The predicted molar refractivity (Wildman–Crippen MR) is 71.8 cm³/mol. The first-order valence-electron chi connectivity index (χ1n) is 5.92. The van der Waals surface area contributed by atoms with E-state index < -0.39 is 41.5 Å². The monoisotopic (exact) mass is 364 g/mol. The van der Waals surface area contributed by atoms with E-state index in [9.17, 15) is 23.5 Å². The lowest BCUT2D eigenvalue weighted by molar-refractivity contribution is -0.141. The predicted octanol–water partition coefficient (Wildman–Crippen LogP) is 1.78. The van der Waals surface area contributed by atoms with Crippen molar-refractivity contribution in [3.8, 4) is 0 Å². The molecule has 0 radical (unpaired) electrons. The van der Waals surface area contributed by atoms with Gasteiger partial charge in [0, 0.05) is 19.0 Å². The van der Waals surface area contributed by atoms with Crippen molar-refractivity contribution in [2.45, 2.75) is 18.6 Å². The van der Waals surface area contributed by atoms with Crippen molar-refractivity contribution >= 4 is 33.6 Å². The Balaban J connectivity index is 2.18. The maximum absolute atomic E-state index is 13.6. The Morgan fingerprint density at radius 3 is 2.62 bits per heavy atom. The Hall–Kier alpha value is -1.74. The lowest BCUT2D eigenvalue weighted by Crippen LogP contribution is -2.43. The zero-order chi connectivity index (χ0) is 15.7. The molecule has 1 aliphatic rings. The number of aliphatic hydroxyl groups excluding tert-OH is 1. The van der Waals surface area contributed by atoms with Crippen molar-refractivity contribution < 1.29 is 28.6 Å². The number of benzene rings is 1. The first kappa shape index (κ1) is 15.6. The number of halogens is 3. The van der Waals surface area contributed by atoms with E-state index in [0.29, 0.717) is 0 Å². The number of hydrogen-bond donors (Lipinski definition) is 3. The lowest BCUT2D eigenvalue weighted by atomic mass is 10.2. The summed E-state index contributed by atoms with van der Waals surface area (Å²) in [6, 6.07) is -0.499. The number of carboxylic acid groups (broad SMARTS) is 1. The van der Waals surface area contributed by atoms with Crippen LogP contribution >= 0.6 is 15.9 Å². The van der Waals surface area contributed by atoms with E-state index in [4.69, 9.17) is 5.11 Å². The third-order valence-electron chi connectivity index (χ3n) is 3.08. The van der Waals surface area contributed by atoms with Crippen LogP contribution in [0.4, 0.5) is 19.3 Å². The van der Waals surface area contributed by atoms with Gasteiger partial charge in [-0.15, -0.1) is 0 Å². The number of amides is 2. The van der Waals surface area contributed by atoms with Crippen LogP contribution in [0.3, 0.4) is 0 Å². The van der Waals surface area contributed by atoms with Gasteiger partial charge in [-0.1, -0.05) is 0 Å². The number of carbonyl (C=O) groups is 2. The van der Waals surface area contributed by atoms with Gasteiger partial charge in [0.2, 0.25) is 0 Å². The number of nitrogens with one attached hydrogen (secondary N) is 1. The Bertz CT molecular complexity index is 599. The second-order valence-corrected chi connectivity index (χ2v) is 5.43. The third kappa shape index (κ3) is 3.30. The number of urea groups is 1. The molecule has 1 aromatic carbocycles. The summed E-state index contributed by atoms with van der Waals surface area (Å²) in [6.45, 7) is -0.191. The number of aliphatic hydroxyl groups is 1. The van der Waals surface area contributed by atoms with Crippen LogP contribution in [0.1, 0.15) is 6.42 Å². The van der Waals surface area contributed by atoms with Crippen LogP contribution in [-0.4, -0.2) is 45.8 Å². The second-order valence-electron chi connectivity index (χ2n) is 4.57. The molecule has 0 spiro atoms. The molecule has 0 saturated carbocycles. The molecular weight excluding hydrogens is 354 g/mol. The standard InChI is InChI=1S/C12H11BrF2N2O4/c13-6-2-8(15)9(3-7(6)14)16-12(21)17-4-5(18)1-10(17)11(19)20/h2-3,5,10,18H,1,4H2,(H,16,21)(H,19,20). The molecule has 0 aromatic heterocycles. The van der Waals surface area contributed by atoms with Crippen molar-refractivity contribution in [2.24, 2.45) is 0 Å². The van der Waals surface area contributed by atoms with Gasteiger partial charge in [-0.05, 0) is 22.0 Å². The fraction of sp³-hybridized carbons (Fsp3) is 0.333. The number of anilines is 1. The Kier molecular flexibility index (Phi) is 4.43. The normalized spacial score (nSPS) is 21.4. The van der Waals surface area contributed by atoms with Gasteiger partial charge in [-0.2, -0.15) is 0 Å². The largest absolute Gasteiger partial charge is 0.480 e. The molecule has 1 fully saturated rings. The number of nitrogens with zero attached hydrogens (tertiary/aromatic N) is 1. The van der Waals surface area contributed by atoms with Crippen molar-refractivity contribution in [1.29, 1.82) is 0 Å². The highest BCUT2D eigenvalue weighted by Gasteiger charge is 2.39. The third-order valence-corrected chi connectivity index (χ3v) is 3.68. The smallest absolute Gasteiger partial charge is 0.326 e. The van der Waals surface area contributed by atoms with Crippen LogP contribution in [0.5, 0.6) is 0 Å². The highest BCUT2D eigenvalue weighted by molar-refractivity contribution is 9.10. The van der Waals surface area contributed by atoms with Gasteiger partial charge in [-0.25, -0.2) is 18.4 Å². The molecule has 6 nitrogen and oxygen atoms in total. The van der Waals surface area contributed by atoms with Crippen LogP contribution in [0.2, 0.25) is 0 Å². The fourth-order valence-corrected chi connectivity index (χ4v) is 2.39. The minimum atomic E-state index is -1.27. The van der Waals surface area contributed by atoms with E-state index in [1.807, 2.05) is 0 Å². The molecule has 2 unspecified atom stereocenters. The molecule has 2 rings (SSSR count). The summed E-state index contributed by atoms with van der Waals surface area (Å²) < 4.78 is 26.9. The number of rotatable bonds is 2. The van der Waals surface area contributed by atoms with Crippen molar-refractivity contribution in [2.75, 3.05) is 11.9 Å². The van der Waals surface area contributed by atoms with Crippen molar-refractivity contribution in [3.05, 3.63) is 28.2 Å². The average molecular weight is 365 g/mol. The van der Waals surface area contributed by atoms with E-state index in [1.54, 1.807) is 0 Å². The Morgan fingerprint density at radius 1 is 1.33 bits per heavy atom. The summed E-state index contributed by atoms with van der Waals surface area (Å²) in [5.74, 6) is -2.92. The van der Waals surface area contributed by atoms with E-state index in [1.165, 1.54) is 0 Å². The van der Waals surface area contributed by atoms with E-state index in [0.717, 1.165) is 17.0 Å². The molecule has 114 valence electrons. The minimum absolute atomic E-state index is 0.0991. The quantitative estimate of drug-likeness (QED) is 0.697. The Morgan fingerprint density at radius 2 is 2.00 bits per heavy atom. The first-order chi connectivity index (χ1) is 9.79. The van der Waals surface area contributed by atoms with E-state index in [2.05, 4.69) is 21.2 Å². The van der Waals surface area contributed by atoms with Crippen molar-refractivity contribution in [1.82, 2.24) is 4.90 Å². The molecule has 9 heteroatoms. The zero-order valence-electron chi connectivity index (χ0n) is 10.5. The summed E-state index contributed by atoms with van der Waals surface area (Å²) in [5.41, 5.74) is -0.411. The minimum Gasteiger partial charge on any atom is -0.480 e. The lowest BCUT2D eigenvalue weighted by Gasteiger charge is -2.21. The van der Waals surface area contributed by atoms with Gasteiger partial charge in [0.25, 0.3) is 0 Å². The summed E-state index contributed by atoms with van der Waals surface area (Å²) in [6.07, 6.45) is -1.08. The van der Waals surface area contributed by atoms with Gasteiger partial charge in [-0.3, -0.25) is 0 Å². The number of likely N-dealkylation sites (tertiary alicyclic amines) is 1. The highest BCUT2D eigenvalue weighted by atomic mass is 79.9. The number of hydrogen-bond acceptors (Lipinski definition) is 3. The van der Waals surface area contributed by atoms with E-state index >= 15 is 0 Å². The van der Waals surface area contributed by atoms with Gasteiger partial charge >= 0.3 is 12.0 Å². The molecule has 1 aromatic rings. The summed E-state index contributed by atoms with van der Waals surface area (Å²) in [5, 5.41) is 20.5. The number of carbonyl (C=O) groups excluding carboxylic acids is 1.